The molecule has 0 bridgehead atoms. The van der Waals surface area contributed by atoms with Gasteiger partial charge in [0, 0.05) is 4.83 Å². The maximum Gasteiger partial charge on any atom is 0.118 e. The normalized spacial score (nSPS) is 15.1. The lowest BCUT2D eigenvalue weighted by Crippen LogP contribution is -2.00. The van der Waals surface area contributed by atoms with Crippen molar-refractivity contribution in [3.63, 3.8) is 0 Å². The van der Waals surface area contributed by atoms with E-state index in [1.807, 2.05) is 12.1 Å². The van der Waals surface area contributed by atoms with Crippen LogP contribution in [0.1, 0.15) is 17.3 Å². The molecule has 1 aromatic carbocycles. The number of methoxy groups -OCH3 is 1. The maximum atomic E-state index is 5.08. The van der Waals surface area contributed by atoms with Crippen LogP contribution in [-0.2, 0) is 0 Å². The highest BCUT2D eigenvalue weighted by molar-refractivity contribution is 9.12. The third-order valence-electron chi connectivity index (χ3n) is 1.84. The van der Waals surface area contributed by atoms with Crippen LogP contribution in [0.4, 0.5) is 0 Å². The van der Waals surface area contributed by atoms with Gasteiger partial charge < -0.3 is 4.74 Å². The minimum absolute atomic E-state index is 0.346. The van der Waals surface area contributed by atoms with Crippen molar-refractivity contribution in [2.45, 2.75) is 16.6 Å². The van der Waals surface area contributed by atoms with Crippen molar-refractivity contribution in [2.75, 3.05) is 7.11 Å². The lowest BCUT2D eigenvalue weighted by molar-refractivity contribution is 0.414. The number of rotatable bonds is 3. The summed E-state index contributed by atoms with van der Waals surface area (Å²) < 4.78 is 5.08. The van der Waals surface area contributed by atoms with E-state index in [0.717, 1.165) is 5.75 Å². The van der Waals surface area contributed by atoms with E-state index in [2.05, 4.69) is 50.9 Å². The second-order valence-corrected chi connectivity index (χ2v) is 5.28. The van der Waals surface area contributed by atoms with Crippen LogP contribution in [0.3, 0.4) is 0 Å². The van der Waals surface area contributed by atoms with E-state index in [4.69, 9.17) is 4.74 Å². The molecular formula is C10H12Br2O. The zero-order valence-corrected chi connectivity index (χ0v) is 10.8. The van der Waals surface area contributed by atoms with Gasteiger partial charge in [0.25, 0.3) is 0 Å². The van der Waals surface area contributed by atoms with E-state index in [1.165, 1.54) is 5.56 Å². The molecule has 72 valence electrons. The second kappa shape index (κ2) is 5.01. The molecule has 1 rings (SSSR count). The lowest BCUT2D eigenvalue weighted by Gasteiger charge is -2.12. The third-order valence-corrected chi connectivity index (χ3v) is 4.40. The van der Waals surface area contributed by atoms with Crippen LogP contribution in [0.2, 0.25) is 0 Å². The Hall–Kier alpha value is -0.0200. The summed E-state index contributed by atoms with van der Waals surface area (Å²) >= 11 is 7.14. The predicted molar refractivity (Wildman–Crippen MR) is 63.1 cm³/mol. The minimum Gasteiger partial charge on any atom is -0.497 e. The molecule has 1 aromatic rings. The van der Waals surface area contributed by atoms with Crippen LogP contribution in [0.25, 0.3) is 0 Å². The first-order valence-corrected chi connectivity index (χ1v) is 5.90. The SMILES string of the molecule is COc1ccc(C(Br)C(C)Br)cc1. The average Bonchev–Trinajstić information content (AvgIpc) is 2.17. The molecule has 0 radical (unpaired) electrons. The number of hydrogen-bond donors (Lipinski definition) is 0. The fourth-order valence-corrected chi connectivity index (χ4v) is 1.66. The van der Waals surface area contributed by atoms with Crippen molar-refractivity contribution < 1.29 is 4.74 Å². The van der Waals surface area contributed by atoms with Crippen molar-refractivity contribution in [2.24, 2.45) is 0 Å². The van der Waals surface area contributed by atoms with E-state index in [1.54, 1.807) is 7.11 Å². The maximum absolute atomic E-state index is 5.08. The molecule has 0 aliphatic heterocycles. The molecular weight excluding hydrogens is 296 g/mol. The molecule has 2 unspecified atom stereocenters. The van der Waals surface area contributed by atoms with E-state index >= 15 is 0 Å². The fraction of sp³-hybridized carbons (Fsp3) is 0.400. The predicted octanol–water partition coefficient (Wildman–Crippen LogP) is 3.91. The first kappa shape index (κ1) is 11.1. The van der Waals surface area contributed by atoms with Gasteiger partial charge in [-0.25, -0.2) is 0 Å². The summed E-state index contributed by atoms with van der Waals surface area (Å²) in [5.41, 5.74) is 1.25. The molecule has 0 aliphatic carbocycles. The molecule has 0 N–H and O–H groups in total. The monoisotopic (exact) mass is 306 g/mol. The second-order valence-electron chi connectivity index (χ2n) is 2.85. The van der Waals surface area contributed by atoms with Crippen molar-refractivity contribution in [3.8, 4) is 5.75 Å². The van der Waals surface area contributed by atoms with Gasteiger partial charge in [0.1, 0.15) is 5.75 Å². The Morgan fingerprint density at radius 3 is 2.08 bits per heavy atom. The van der Waals surface area contributed by atoms with Gasteiger partial charge in [-0.05, 0) is 17.7 Å². The van der Waals surface area contributed by atoms with Crippen LogP contribution in [0.5, 0.6) is 5.75 Å². The highest BCUT2D eigenvalue weighted by atomic mass is 79.9. The number of hydrogen-bond acceptors (Lipinski definition) is 1. The van der Waals surface area contributed by atoms with E-state index < -0.39 is 0 Å². The number of benzene rings is 1. The summed E-state index contributed by atoms with van der Waals surface area (Å²) in [6.07, 6.45) is 0. The number of alkyl halides is 2. The molecule has 0 aromatic heterocycles. The van der Waals surface area contributed by atoms with Gasteiger partial charge in [0.05, 0.1) is 11.9 Å². The van der Waals surface area contributed by atoms with Crippen LogP contribution < -0.4 is 4.74 Å². The van der Waals surface area contributed by atoms with Crippen LogP contribution >= 0.6 is 31.9 Å². The Morgan fingerprint density at radius 2 is 1.69 bits per heavy atom. The molecule has 1 nitrogen and oxygen atoms in total. The van der Waals surface area contributed by atoms with Crippen LogP contribution in [0, 0.1) is 0 Å². The van der Waals surface area contributed by atoms with Crippen molar-refractivity contribution in [1.29, 1.82) is 0 Å². The summed E-state index contributed by atoms with van der Waals surface area (Å²) in [6, 6.07) is 8.07. The van der Waals surface area contributed by atoms with Gasteiger partial charge in [0.2, 0.25) is 0 Å². The van der Waals surface area contributed by atoms with Gasteiger partial charge in [-0.2, -0.15) is 0 Å². The molecule has 0 aliphatic rings. The molecule has 0 saturated heterocycles. The van der Waals surface area contributed by atoms with Crippen LogP contribution in [0.15, 0.2) is 24.3 Å². The third kappa shape index (κ3) is 2.99. The fourth-order valence-electron chi connectivity index (χ4n) is 1.05. The van der Waals surface area contributed by atoms with E-state index in [9.17, 15) is 0 Å². The van der Waals surface area contributed by atoms with Gasteiger partial charge >= 0.3 is 0 Å². The molecule has 2 atom stereocenters. The van der Waals surface area contributed by atoms with E-state index in [0.29, 0.717) is 9.65 Å². The summed E-state index contributed by atoms with van der Waals surface area (Å²) in [5.74, 6) is 0.894. The van der Waals surface area contributed by atoms with Gasteiger partial charge in [0.15, 0.2) is 0 Å². The van der Waals surface area contributed by atoms with Gasteiger partial charge in [-0.1, -0.05) is 50.9 Å². The zero-order valence-electron chi connectivity index (χ0n) is 7.63. The Morgan fingerprint density at radius 1 is 1.15 bits per heavy atom. The summed E-state index contributed by atoms with van der Waals surface area (Å²) in [5, 5.41) is 0. The molecule has 0 fully saturated rings. The molecule has 0 saturated carbocycles. The van der Waals surface area contributed by atoms with Gasteiger partial charge in [-0.15, -0.1) is 0 Å². The Bertz CT molecular complexity index is 256. The highest BCUT2D eigenvalue weighted by Crippen LogP contribution is 2.31. The minimum atomic E-state index is 0.346. The van der Waals surface area contributed by atoms with E-state index in [-0.39, 0.29) is 0 Å². The van der Waals surface area contributed by atoms with Gasteiger partial charge in [-0.3, -0.25) is 0 Å². The largest absolute Gasteiger partial charge is 0.497 e. The van der Waals surface area contributed by atoms with Crippen LogP contribution in [-0.4, -0.2) is 11.9 Å². The zero-order chi connectivity index (χ0) is 9.84. The summed E-state index contributed by atoms with van der Waals surface area (Å²) in [4.78, 5) is 0.763. The average molecular weight is 308 g/mol. The first-order chi connectivity index (χ1) is 6.15. The molecule has 0 heterocycles. The smallest absolute Gasteiger partial charge is 0.118 e. The number of ether oxygens (including phenoxy) is 1. The summed E-state index contributed by atoms with van der Waals surface area (Å²) in [6.45, 7) is 2.11. The topological polar surface area (TPSA) is 9.23 Å². The van der Waals surface area contributed by atoms with Crippen molar-refractivity contribution in [3.05, 3.63) is 29.8 Å². The Kier molecular flexibility index (Phi) is 4.26. The standard InChI is InChI=1S/C10H12Br2O/c1-7(11)10(12)8-3-5-9(13-2)6-4-8/h3-7,10H,1-2H3. The number of halogens is 2. The molecule has 0 spiro atoms. The first-order valence-electron chi connectivity index (χ1n) is 4.07. The quantitative estimate of drug-likeness (QED) is 0.769. The Labute approximate surface area is 95.7 Å². The molecule has 0 amide bonds. The lowest BCUT2D eigenvalue weighted by atomic mass is 10.1. The Balaban J connectivity index is 2.79. The molecule has 13 heavy (non-hydrogen) atoms. The summed E-state index contributed by atoms with van der Waals surface area (Å²) in [7, 11) is 1.67. The van der Waals surface area contributed by atoms with Crippen molar-refractivity contribution in [1.82, 2.24) is 0 Å². The highest BCUT2D eigenvalue weighted by Gasteiger charge is 2.12. The van der Waals surface area contributed by atoms with Crippen molar-refractivity contribution >= 4 is 31.9 Å². The molecule has 3 heteroatoms.